The van der Waals surface area contributed by atoms with E-state index in [-0.39, 0.29) is 28.6 Å². The summed E-state index contributed by atoms with van der Waals surface area (Å²) >= 11 is 5.85. The van der Waals surface area contributed by atoms with E-state index >= 15 is 0 Å². The van der Waals surface area contributed by atoms with Crippen LogP contribution in [-0.2, 0) is 0 Å². The van der Waals surface area contributed by atoms with Crippen molar-refractivity contribution < 1.29 is 9.18 Å². The molecule has 1 fully saturated rings. The first-order valence-corrected chi connectivity index (χ1v) is 6.47. The second-order valence-corrected chi connectivity index (χ2v) is 5.06. The molecule has 0 heterocycles. The second-order valence-electron chi connectivity index (χ2n) is 4.65. The average molecular weight is 271 g/mol. The molecule has 0 aromatic heterocycles. The fourth-order valence-electron chi connectivity index (χ4n) is 2.26. The monoisotopic (exact) mass is 270 g/mol. The molecule has 5 heteroatoms. The minimum absolute atomic E-state index is 0.0121. The molecule has 1 aliphatic rings. The van der Waals surface area contributed by atoms with E-state index in [9.17, 15) is 9.18 Å². The molecule has 0 unspecified atom stereocenters. The van der Waals surface area contributed by atoms with Gasteiger partial charge < -0.3 is 11.1 Å². The van der Waals surface area contributed by atoms with Gasteiger partial charge in [-0.3, -0.25) is 4.79 Å². The van der Waals surface area contributed by atoms with E-state index in [1.54, 1.807) is 0 Å². The summed E-state index contributed by atoms with van der Waals surface area (Å²) in [7, 11) is 0. The van der Waals surface area contributed by atoms with Gasteiger partial charge in [-0.1, -0.05) is 24.4 Å². The van der Waals surface area contributed by atoms with Crippen LogP contribution < -0.4 is 11.1 Å². The number of hydrogen-bond acceptors (Lipinski definition) is 2. The van der Waals surface area contributed by atoms with Gasteiger partial charge >= 0.3 is 0 Å². The highest BCUT2D eigenvalue weighted by atomic mass is 35.5. The maximum Gasteiger partial charge on any atom is 0.253 e. The highest BCUT2D eigenvalue weighted by Crippen LogP contribution is 2.20. The molecule has 1 saturated carbocycles. The van der Waals surface area contributed by atoms with Crippen molar-refractivity contribution in [3.8, 4) is 0 Å². The summed E-state index contributed by atoms with van der Waals surface area (Å²) in [5, 5.41) is 3.00. The van der Waals surface area contributed by atoms with E-state index < -0.39 is 5.82 Å². The van der Waals surface area contributed by atoms with E-state index in [2.05, 4.69) is 5.32 Å². The maximum absolute atomic E-state index is 12.9. The van der Waals surface area contributed by atoms with Crippen LogP contribution in [0.4, 0.5) is 4.39 Å². The molecule has 0 saturated heterocycles. The highest BCUT2D eigenvalue weighted by molar-refractivity contribution is 6.33. The summed E-state index contributed by atoms with van der Waals surface area (Å²) in [5.74, 6) is -0.742. The van der Waals surface area contributed by atoms with Crippen molar-refractivity contribution in [2.24, 2.45) is 5.73 Å². The lowest BCUT2D eigenvalue weighted by molar-refractivity contribution is 0.0921. The van der Waals surface area contributed by atoms with Gasteiger partial charge in [0, 0.05) is 12.1 Å². The molecule has 98 valence electrons. The topological polar surface area (TPSA) is 55.1 Å². The SMILES string of the molecule is N[C@@H]1CCCC[C@H]1NC(=O)c1ccc(F)cc1Cl. The molecule has 0 aliphatic heterocycles. The second kappa shape index (κ2) is 5.67. The molecular formula is C13H16ClFN2O. The van der Waals surface area contributed by atoms with Crippen LogP contribution in [0.2, 0.25) is 5.02 Å². The fourth-order valence-corrected chi connectivity index (χ4v) is 2.51. The summed E-state index contributed by atoms with van der Waals surface area (Å²) in [6.45, 7) is 0. The smallest absolute Gasteiger partial charge is 0.253 e. The van der Waals surface area contributed by atoms with E-state index in [0.29, 0.717) is 0 Å². The van der Waals surface area contributed by atoms with Crippen molar-refractivity contribution in [2.75, 3.05) is 0 Å². The number of hydrogen-bond donors (Lipinski definition) is 2. The molecule has 2 rings (SSSR count). The van der Waals surface area contributed by atoms with Gasteiger partial charge in [-0.25, -0.2) is 4.39 Å². The fraction of sp³-hybridized carbons (Fsp3) is 0.462. The molecule has 2 atom stereocenters. The first kappa shape index (κ1) is 13.3. The van der Waals surface area contributed by atoms with Crippen molar-refractivity contribution in [2.45, 2.75) is 37.8 Å². The highest BCUT2D eigenvalue weighted by Gasteiger charge is 2.24. The van der Waals surface area contributed by atoms with Crippen LogP contribution in [0.15, 0.2) is 18.2 Å². The van der Waals surface area contributed by atoms with Gasteiger partial charge in [0.15, 0.2) is 0 Å². The van der Waals surface area contributed by atoms with Gasteiger partial charge in [-0.15, -0.1) is 0 Å². The van der Waals surface area contributed by atoms with Crippen LogP contribution in [0.1, 0.15) is 36.0 Å². The van der Waals surface area contributed by atoms with E-state index in [4.69, 9.17) is 17.3 Å². The summed E-state index contributed by atoms with van der Waals surface area (Å²) in [5.41, 5.74) is 6.25. The van der Waals surface area contributed by atoms with Crippen molar-refractivity contribution in [3.63, 3.8) is 0 Å². The molecule has 1 aromatic rings. The number of rotatable bonds is 2. The van der Waals surface area contributed by atoms with Gasteiger partial charge in [-0.05, 0) is 31.0 Å². The van der Waals surface area contributed by atoms with Crippen molar-refractivity contribution in [3.05, 3.63) is 34.6 Å². The van der Waals surface area contributed by atoms with Crippen LogP contribution >= 0.6 is 11.6 Å². The Morgan fingerprint density at radius 3 is 2.78 bits per heavy atom. The average Bonchev–Trinajstić information content (AvgIpc) is 2.32. The number of amides is 1. The summed E-state index contributed by atoms with van der Waals surface area (Å²) in [6, 6.07) is 3.72. The normalized spacial score (nSPS) is 23.7. The van der Waals surface area contributed by atoms with Crippen LogP contribution in [0.25, 0.3) is 0 Å². The predicted octanol–water partition coefficient (Wildman–Crippen LogP) is 2.48. The molecule has 1 amide bonds. The first-order valence-electron chi connectivity index (χ1n) is 6.09. The van der Waals surface area contributed by atoms with Crippen molar-refractivity contribution >= 4 is 17.5 Å². The Morgan fingerprint density at radius 1 is 1.39 bits per heavy atom. The van der Waals surface area contributed by atoms with Crippen molar-refractivity contribution in [1.82, 2.24) is 5.32 Å². The first-order chi connectivity index (χ1) is 8.58. The molecule has 3 nitrogen and oxygen atoms in total. The van der Waals surface area contributed by atoms with Gasteiger partial charge in [0.1, 0.15) is 5.82 Å². The molecule has 1 aliphatic carbocycles. The van der Waals surface area contributed by atoms with Gasteiger partial charge in [0.2, 0.25) is 0 Å². The number of nitrogens with two attached hydrogens (primary N) is 1. The number of carbonyl (C=O) groups excluding carboxylic acids is 1. The van der Waals surface area contributed by atoms with Crippen molar-refractivity contribution in [1.29, 1.82) is 0 Å². The number of carbonyl (C=O) groups is 1. The van der Waals surface area contributed by atoms with Crippen LogP contribution in [0.3, 0.4) is 0 Å². The quantitative estimate of drug-likeness (QED) is 0.867. The molecule has 0 bridgehead atoms. The zero-order chi connectivity index (χ0) is 13.1. The third-order valence-corrected chi connectivity index (χ3v) is 3.62. The Bertz CT molecular complexity index is 453. The third-order valence-electron chi connectivity index (χ3n) is 3.31. The molecule has 1 aromatic carbocycles. The Labute approximate surface area is 111 Å². The Hall–Kier alpha value is -1.13. The molecule has 18 heavy (non-hydrogen) atoms. The zero-order valence-corrected chi connectivity index (χ0v) is 10.7. The summed E-state index contributed by atoms with van der Waals surface area (Å²) < 4.78 is 12.9. The van der Waals surface area contributed by atoms with E-state index in [1.807, 2.05) is 0 Å². The number of halogens is 2. The van der Waals surface area contributed by atoms with Crippen LogP contribution in [0.5, 0.6) is 0 Å². The lowest BCUT2D eigenvalue weighted by Gasteiger charge is -2.29. The minimum atomic E-state index is -0.453. The largest absolute Gasteiger partial charge is 0.348 e. The lowest BCUT2D eigenvalue weighted by atomic mass is 9.91. The molecule has 0 spiro atoms. The predicted molar refractivity (Wildman–Crippen MR) is 69.1 cm³/mol. The van der Waals surface area contributed by atoms with E-state index in [1.165, 1.54) is 12.1 Å². The Morgan fingerprint density at radius 2 is 2.11 bits per heavy atom. The Kier molecular flexibility index (Phi) is 4.19. The van der Waals surface area contributed by atoms with Gasteiger partial charge in [0.05, 0.1) is 10.6 Å². The number of nitrogens with one attached hydrogen (secondary N) is 1. The van der Waals surface area contributed by atoms with Crippen LogP contribution in [0, 0.1) is 5.82 Å². The lowest BCUT2D eigenvalue weighted by Crippen LogP contribution is -2.49. The van der Waals surface area contributed by atoms with Gasteiger partial charge in [0.25, 0.3) is 5.91 Å². The molecule has 0 radical (unpaired) electrons. The maximum atomic E-state index is 12.9. The van der Waals surface area contributed by atoms with Gasteiger partial charge in [-0.2, -0.15) is 0 Å². The zero-order valence-electron chi connectivity index (χ0n) is 9.96. The summed E-state index contributed by atoms with van der Waals surface area (Å²) in [4.78, 5) is 12.0. The summed E-state index contributed by atoms with van der Waals surface area (Å²) in [6.07, 6.45) is 3.97. The molecular weight excluding hydrogens is 255 g/mol. The minimum Gasteiger partial charge on any atom is -0.348 e. The Balaban J connectivity index is 2.07. The van der Waals surface area contributed by atoms with E-state index in [0.717, 1.165) is 31.7 Å². The standard InChI is InChI=1S/C13H16ClFN2O/c14-10-7-8(15)5-6-9(10)13(18)17-12-4-2-1-3-11(12)16/h5-7,11-12H,1-4,16H2,(H,17,18)/t11-,12-/m1/s1. The molecule has 3 N–H and O–H groups in total. The van der Waals surface area contributed by atoms with Crippen LogP contribution in [-0.4, -0.2) is 18.0 Å². The number of benzene rings is 1. The third kappa shape index (κ3) is 3.00.